The van der Waals surface area contributed by atoms with E-state index in [-0.39, 0.29) is 5.91 Å². The Kier molecular flexibility index (Phi) is 7.39. The zero-order chi connectivity index (χ0) is 25.3. The SMILES string of the molecule is Cc1onc(-c2ccccc2Cl)c1C(=O)Nc1ccccc1SCc1c(C)c(C)c(C)c(C)c1C. The summed E-state index contributed by atoms with van der Waals surface area (Å²) in [4.78, 5) is 14.4. The maximum atomic E-state index is 13.4. The molecule has 0 unspecified atom stereocenters. The number of halogens is 1. The first-order chi connectivity index (χ1) is 16.7. The minimum absolute atomic E-state index is 0.277. The van der Waals surface area contributed by atoms with Crippen molar-refractivity contribution in [1.82, 2.24) is 5.16 Å². The van der Waals surface area contributed by atoms with Gasteiger partial charge in [-0.15, -0.1) is 11.8 Å². The highest BCUT2D eigenvalue weighted by Gasteiger charge is 2.24. The summed E-state index contributed by atoms with van der Waals surface area (Å²) in [6.45, 7) is 12.7. The van der Waals surface area contributed by atoms with E-state index in [2.05, 4.69) is 45.1 Å². The number of hydrogen-bond donors (Lipinski definition) is 1. The molecule has 0 atom stereocenters. The van der Waals surface area contributed by atoms with E-state index in [0.717, 1.165) is 16.3 Å². The number of para-hydroxylation sites is 1. The molecule has 0 aliphatic rings. The zero-order valence-corrected chi connectivity index (χ0v) is 22.4. The standard InChI is InChI=1S/C29H29ClN2O2S/c1-16-17(2)19(4)23(20(5)18(16)3)15-35-26-14-10-9-13-25(26)31-29(33)27-21(6)34-32-28(27)22-11-7-8-12-24(22)30/h7-14H,15H2,1-6H3,(H,31,33). The molecule has 1 N–H and O–H groups in total. The number of amides is 1. The van der Waals surface area contributed by atoms with E-state index in [9.17, 15) is 4.79 Å². The Bertz CT molecular complexity index is 1400. The Balaban J connectivity index is 1.61. The average Bonchev–Trinajstić information content (AvgIpc) is 3.24. The molecule has 1 amide bonds. The lowest BCUT2D eigenvalue weighted by Gasteiger charge is -2.19. The molecule has 0 aliphatic carbocycles. The van der Waals surface area contributed by atoms with E-state index < -0.39 is 0 Å². The number of nitrogens with zero attached hydrogens (tertiary/aromatic N) is 1. The largest absolute Gasteiger partial charge is 0.360 e. The molecular formula is C29H29ClN2O2S. The van der Waals surface area contributed by atoms with Gasteiger partial charge in [0.05, 0.1) is 10.7 Å². The molecule has 6 heteroatoms. The predicted octanol–water partition coefficient (Wildman–Crippen LogP) is 8.39. The highest BCUT2D eigenvalue weighted by Crippen LogP contribution is 2.36. The third-order valence-corrected chi connectivity index (χ3v) is 8.31. The molecule has 4 nitrogen and oxygen atoms in total. The molecule has 180 valence electrons. The van der Waals surface area contributed by atoms with Crippen molar-refractivity contribution in [3.63, 3.8) is 0 Å². The van der Waals surface area contributed by atoms with Crippen LogP contribution in [-0.2, 0) is 5.75 Å². The molecule has 3 aromatic carbocycles. The summed E-state index contributed by atoms with van der Waals surface area (Å²) in [7, 11) is 0. The molecule has 35 heavy (non-hydrogen) atoms. The van der Waals surface area contributed by atoms with Gasteiger partial charge in [0.15, 0.2) is 0 Å². The number of carbonyl (C=O) groups is 1. The lowest BCUT2D eigenvalue weighted by Crippen LogP contribution is -2.14. The average molecular weight is 505 g/mol. The van der Waals surface area contributed by atoms with Crippen molar-refractivity contribution in [3.05, 3.63) is 98.3 Å². The molecule has 1 heterocycles. The molecule has 0 fully saturated rings. The van der Waals surface area contributed by atoms with E-state index in [1.54, 1.807) is 24.8 Å². The maximum Gasteiger partial charge on any atom is 0.261 e. The zero-order valence-electron chi connectivity index (χ0n) is 20.9. The van der Waals surface area contributed by atoms with Gasteiger partial charge < -0.3 is 9.84 Å². The van der Waals surface area contributed by atoms with Gasteiger partial charge in [0.2, 0.25) is 0 Å². The predicted molar refractivity (Wildman–Crippen MR) is 146 cm³/mol. The monoisotopic (exact) mass is 504 g/mol. The minimum atomic E-state index is -0.277. The fourth-order valence-electron chi connectivity index (χ4n) is 4.30. The Morgan fingerprint density at radius 3 is 2.17 bits per heavy atom. The van der Waals surface area contributed by atoms with E-state index in [0.29, 0.717) is 27.6 Å². The second-order valence-corrected chi connectivity index (χ2v) is 10.2. The number of benzene rings is 3. The van der Waals surface area contributed by atoms with Crippen LogP contribution in [0.2, 0.25) is 5.02 Å². The van der Waals surface area contributed by atoms with Crippen LogP contribution in [-0.4, -0.2) is 11.1 Å². The number of aromatic nitrogens is 1. The van der Waals surface area contributed by atoms with Crippen molar-refractivity contribution in [2.75, 3.05) is 5.32 Å². The smallest absolute Gasteiger partial charge is 0.261 e. The van der Waals surface area contributed by atoms with E-state index in [1.165, 1.54) is 33.4 Å². The summed E-state index contributed by atoms with van der Waals surface area (Å²) in [6.07, 6.45) is 0. The van der Waals surface area contributed by atoms with Crippen LogP contribution >= 0.6 is 23.4 Å². The molecule has 4 rings (SSSR count). The van der Waals surface area contributed by atoms with Crippen LogP contribution in [0.4, 0.5) is 5.69 Å². The molecule has 0 saturated carbocycles. The number of aryl methyl sites for hydroxylation is 1. The lowest BCUT2D eigenvalue weighted by molar-refractivity contribution is 0.102. The number of anilines is 1. The third-order valence-electron chi connectivity index (χ3n) is 6.88. The van der Waals surface area contributed by atoms with Crippen molar-refractivity contribution >= 4 is 35.0 Å². The molecule has 0 bridgehead atoms. The topological polar surface area (TPSA) is 55.1 Å². The number of hydrogen-bond acceptors (Lipinski definition) is 4. The lowest BCUT2D eigenvalue weighted by atomic mass is 9.90. The van der Waals surface area contributed by atoms with Crippen LogP contribution in [0.1, 0.15) is 49.5 Å². The van der Waals surface area contributed by atoms with Crippen LogP contribution in [0.15, 0.2) is 57.9 Å². The van der Waals surface area contributed by atoms with Gasteiger partial charge in [0.1, 0.15) is 17.0 Å². The summed E-state index contributed by atoms with van der Waals surface area (Å²) >= 11 is 8.09. The van der Waals surface area contributed by atoms with Crippen LogP contribution in [0.25, 0.3) is 11.3 Å². The molecule has 1 aromatic heterocycles. The van der Waals surface area contributed by atoms with Crippen LogP contribution in [0.5, 0.6) is 0 Å². The highest BCUT2D eigenvalue weighted by molar-refractivity contribution is 7.98. The van der Waals surface area contributed by atoms with Crippen LogP contribution in [0, 0.1) is 41.5 Å². The van der Waals surface area contributed by atoms with Crippen molar-refractivity contribution in [2.45, 2.75) is 52.2 Å². The Morgan fingerprint density at radius 2 is 1.49 bits per heavy atom. The van der Waals surface area contributed by atoms with Crippen LogP contribution < -0.4 is 5.32 Å². The van der Waals surface area contributed by atoms with Gasteiger partial charge in [-0.3, -0.25) is 4.79 Å². The second kappa shape index (κ2) is 10.3. The number of carbonyl (C=O) groups excluding carboxylic acids is 1. The van der Waals surface area contributed by atoms with E-state index in [4.69, 9.17) is 16.1 Å². The molecule has 4 aromatic rings. The van der Waals surface area contributed by atoms with Crippen molar-refractivity contribution in [2.24, 2.45) is 0 Å². The summed E-state index contributed by atoms with van der Waals surface area (Å²) in [5, 5.41) is 7.72. The van der Waals surface area contributed by atoms with Gasteiger partial charge in [-0.2, -0.15) is 0 Å². The fourth-order valence-corrected chi connectivity index (χ4v) is 5.71. The maximum absolute atomic E-state index is 13.4. The van der Waals surface area contributed by atoms with Gasteiger partial charge in [0.25, 0.3) is 5.91 Å². The van der Waals surface area contributed by atoms with Gasteiger partial charge in [-0.25, -0.2) is 0 Å². The number of nitrogens with one attached hydrogen (secondary N) is 1. The fraction of sp³-hybridized carbons (Fsp3) is 0.241. The third kappa shape index (κ3) is 4.89. The Hall–Kier alpha value is -3.02. The van der Waals surface area contributed by atoms with E-state index >= 15 is 0 Å². The summed E-state index contributed by atoms with van der Waals surface area (Å²) in [5.41, 5.74) is 10.3. The first kappa shape index (κ1) is 25.1. The van der Waals surface area contributed by atoms with E-state index in [1.807, 2.05) is 42.5 Å². The molecule has 0 spiro atoms. The molecule has 0 radical (unpaired) electrons. The normalized spacial score (nSPS) is 11.1. The first-order valence-electron chi connectivity index (χ1n) is 11.5. The van der Waals surface area contributed by atoms with Gasteiger partial charge >= 0.3 is 0 Å². The van der Waals surface area contributed by atoms with Crippen LogP contribution in [0.3, 0.4) is 0 Å². The van der Waals surface area contributed by atoms with Crippen molar-refractivity contribution in [3.8, 4) is 11.3 Å². The highest BCUT2D eigenvalue weighted by atomic mass is 35.5. The summed E-state index contributed by atoms with van der Waals surface area (Å²) in [5.74, 6) is 0.990. The molecule has 0 saturated heterocycles. The number of thioether (sulfide) groups is 1. The Morgan fingerprint density at radius 1 is 0.886 bits per heavy atom. The quantitative estimate of drug-likeness (QED) is 0.268. The summed E-state index contributed by atoms with van der Waals surface area (Å²) < 4.78 is 5.38. The molecular weight excluding hydrogens is 476 g/mol. The van der Waals surface area contributed by atoms with Gasteiger partial charge in [0, 0.05) is 16.2 Å². The first-order valence-corrected chi connectivity index (χ1v) is 12.9. The van der Waals surface area contributed by atoms with Gasteiger partial charge in [-0.05, 0) is 93.1 Å². The minimum Gasteiger partial charge on any atom is -0.360 e. The second-order valence-electron chi connectivity index (χ2n) is 8.78. The summed E-state index contributed by atoms with van der Waals surface area (Å²) in [6, 6.07) is 15.2. The number of rotatable bonds is 6. The van der Waals surface area contributed by atoms with Crippen molar-refractivity contribution < 1.29 is 9.32 Å². The van der Waals surface area contributed by atoms with Crippen molar-refractivity contribution in [1.29, 1.82) is 0 Å². The van der Waals surface area contributed by atoms with Gasteiger partial charge in [-0.1, -0.05) is 47.1 Å². The molecule has 0 aliphatic heterocycles. The Labute approximate surface area is 216 Å².